The summed E-state index contributed by atoms with van der Waals surface area (Å²) >= 11 is 0. The molecule has 0 aromatic carbocycles. The molecule has 0 radical (unpaired) electrons. The van der Waals surface area contributed by atoms with Crippen molar-refractivity contribution in [3.05, 3.63) is 12.2 Å². The van der Waals surface area contributed by atoms with Crippen LogP contribution in [0.4, 0.5) is 0 Å². The highest BCUT2D eigenvalue weighted by atomic mass is 16.6. The Kier molecular flexibility index (Phi) is 8.27. The van der Waals surface area contributed by atoms with Crippen LogP contribution in [0.3, 0.4) is 0 Å². The van der Waals surface area contributed by atoms with Gasteiger partial charge in [-0.05, 0) is 50.5 Å². The first-order chi connectivity index (χ1) is 17.3. The first-order valence-corrected chi connectivity index (χ1v) is 13.5. The number of ether oxygens (including phenoxy) is 5. The second-order valence-electron chi connectivity index (χ2n) is 11.3. The quantitative estimate of drug-likeness (QED) is 0.448. The molecule has 0 spiro atoms. The Labute approximate surface area is 212 Å². The summed E-state index contributed by atoms with van der Waals surface area (Å²) in [5.74, 6) is 0.405. The van der Waals surface area contributed by atoms with Crippen LogP contribution in [0.25, 0.3) is 0 Å². The number of carbonyl (C=O) groups excluding carboxylic acids is 2. The van der Waals surface area contributed by atoms with Gasteiger partial charge in [-0.25, -0.2) is 0 Å². The van der Waals surface area contributed by atoms with E-state index < -0.39 is 36.6 Å². The summed E-state index contributed by atoms with van der Waals surface area (Å²) in [4.78, 5) is 25.2. The molecule has 2 N–H and O–H groups in total. The van der Waals surface area contributed by atoms with E-state index in [1.54, 1.807) is 0 Å². The summed E-state index contributed by atoms with van der Waals surface area (Å²) in [6.45, 7) is 7.18. The molecule has 0 saturated carbocycles. The minimum absolute atomic E-state index is 0.0116. The fraction of sp³-hybridized carbons (Fsp3) is 0.852. The van der Waals surface area contributed by atoms with Crippen LogP contribution in [0.5, 0.6) is 0 Å². The Morgan fingerprint density at radius 1 is 0.889 bits per heavy atom. The molecule has 5 rings (SSSR count). The summed E-state index contributed by atoms with van der Waals surface area (Å²) in [5, 5.41) is 21.9. The molecular weight excluding hydrogens is 468 g/mol. The fourth-order valence-electron chi connectivity index (χ4n) is 6.43. The van der Waals surface area contributed by atoms with E-state index >= 15 is 0 Å². The molecular formula is C27H40O9. The minimum Gasteiger partial charge on any atom is -0.388 e. The molecule has 11 atom stereocenters. The predicted octanol–water partition coefficient (Wildman–Crippen LogP) is 1.65. The predicted molar refractivity (Wildman–Crippen MR) is 127 cm³/mol. The summed E-state index contributed by atoms with van der Waals surface area (Å²) in [5.41, 5.74) is 1.05. The molecule has 5 aliphatic rings. The molecule has 8 unspecified atom stereocenters. The molecule has 5 aliphatic heterocycles. The largest absolute Gasteiger partial charge is 0.388 e. The molecule has 0 aromatic rings. The second-order valence-corrected chi connectivity index (χ2v) is 11.3. The van der Waals surface area contributed by atoms with Gasteiger partial charge in [0.25, 0.3) is 0 Å². The molecule has 0 aliphatic carbocycles. The lowest BCUT2D eigenvalue weighted by atomic mass is 9.86. The van der Waals surface area contributed by atoms with Crippen molar-refractivity contribution >= 4 is 11.6 Å². The van der Waals surface area contributed by atoms with Crippen LogP contribution in [-0.2, 0) is 33.3 Å². The van der Waals surface area contributed by atoms with Crippen LogP contribution in [0.15, 0.2) is 12.2 Å². The van der Waals surface area contributed by atoms with Gasteiger partial charge in [0.1, 0.15) is 42.1 Å². The van der Waals surface area contributed by atoms with Gasteiger partial charge >= 0.3 is 0 Å². The highest BCUT2D eigenvalue weighted by Gasteiger charge is 2.57. The van der Waals surface area contributed by atoms with Crippen LogP contribution in [0.2, 0.25) is 0 Å². The lowest BCUT2D eigenvalue weighted by Crippen LogP contribution is -2.61. The van der Waals surface area contributed by atoms with E-state index in [1.165, 1.54) is 0 Å². The number of aliphatic hydroxyl groups excluding tert-OH is 2. The van der Waals surface area contributed by atoms with E-state index in [0.717, 1.165) is 18.4 Å². The van der Waals surface area contributed by atoms with Crippen molar-refractivity contribution in [2.45, 2.75) is 126 Å². The molecule has 9 nitrogen and oxygen atoms in total. The van der Waals surface area contributed by atoms with Gasteiger partial charge in [0.15, 0.2) is 0 Å². The Morgan fingerprint density at radius 2 is 1.69 bits per heavy atom. The molecule has 202 valence electrons. The zero-order chi connectivity index (χ0) is 25.4. The monoisotopic (exact) mass is 508 g/mol. The Hall–Kier alpha value is -1.20. The second kappa shape index (κ2) is 11.3. The SMILES string of the molecule is C=C1COC(CCC(=O)CC2OC3C(O)[C@H]4OC(CC(=O)CC5CCO[C@H]5C)CCC4O[C@H]3C2O)C1. The first kappa shape index (κ1) is 26.4. The molecule has 5 saturated heterocycles. The van der Waals surface area contributed by atoms with Crippen LogP contribution < -0.4 is 0 Å². The Bertz CT molecular complexity index is 830. The van der Waals surface area contributed by atoms with Crippen LogP contribution in [-0.4, -0.2) is 96.0 Å². The molecule has 36 heavy (non-hydrogen) atoms. The maximum atomic E-state index is 12.6. The summed E-state index contributed by atoms with van der Waals surface area (Å²) < 4.78 is 29.4. The van der Waals surface area contributed by atoms with E-state index in [0.29, 0.717) is 51.7 Å². The van der Waals surface area contributed by atoms with Crippen molar-refractivity contribution in [2.24, 2.45) is 5.92 Å². The average molecular weight is 509 g/mol. The van der Waals surface area contributed by atoms with Crippen molar-refractivity contribution < 1.29 is 43.5 Å². The van der Waals surface area contributed by atoms with Crippen LogP contribution >= 0.6 is 0 Å². The van der Waals surface area contributed by atoms with E-state index in [1.807, 2.05) is 6.92 Å². The maximum Gasteiger partial charge on any atom is 0.135 e. The van der Waals surface area contributed by atoms with Crippen LogP contribution in [0.1, 0.15) is 64.7 Å². The van der Waals surface area contributed by atoms with Gasteiger partial charge in [0, 0.05) is 32.3 Å². The minimum atomic E-state index is -0.998. The zero-order valence-corrected chi connectivity index (χ0v) is 21.1. The van der Waals surface area contributed by atoms with E-state index in [4.69, 9.17) is 23.7 Å². The van der Waals surface area contributed by atoms with E-state index in [9.17, 15) is 19.8 Å². The third-order valence-corrected chi connectivity index (χ3v) is 8.56. The van der Waals surface area contributed by atoms with Crippen LogP contribution in [0, 0.1) is 5.92 Å². The van der Waals surface area contributed by atoms with Gasteiger partial charge in [-0.2, -0.15) is 0 Å². The molecule has 0 amide bonds. The topological polar surface area (TPSA) is 121 Å². The van der Waals surface area contributed by atoms with Crippen molar-refractivity contribution in [1.82, 2.24) is 0 Å². The van der Waals surface area contributed by atoms with Crippen molar-refractivity contribution in [2.75, 3.05) is 13.2 Å². The Balaban J connectivity index is 1.11. The normalized spacial score (nSPS) is 44.4. The van der Waals surface area contributed by atoms with Gasteiger partial charge in [0.2, 0.25) is 0 Å². The van der Waals surface area contributed by atoms with Gasteiger partial charge in [-0.1, -0.05) is 6.58 Å². The average Bonchev–Trinajstić information content (AvgIpc) is 3.53. The zero-order valence-electron chi connectivity index (χ0n) is 21.1. The van der Waals surface area contributed by atoms with Crippen molar-refractivity contribution in [1.29, 1.82) is 0 Å². The highest BCUT2D eigenvalue weighted by molar-refractivity contribution is 5.79. The third-order valence-electron chi connectivity index (χ3n) is 8.56. The molecule has 0 aromatic heterocycles. The standard InChI is InChI=1S/C27H40O9/c1-14-9-19(33-13-14)4-3-17(28)12-22-23(30)26-27(36-22)24(31)25-21(35-26)6-5-20(34-25)11-18(29)10-16-7-8-32-15(16)2/h15-16,19-27,30-31H,1,3-13H2,2H3/t15-,16?,19?,20?,21?,22?,23?,24?,25-,26-,27?/m0/s1. The number of aliphatic hydroxyl groups is 2. The van der Waals surface area contributed by atoms with Gasteiger partial charge < -0.3 is 33.9 Å². The number of ketones is 2. The number of rotatable bonds is 9. The summed E-state index contributed by atoms with van der Waals surface area (Å²) in [7, 11) is 0. The summed E-state index contributed by atoms with van der Waals surface area (Å²) in [6.07, 6.45) is -0.519. The highest BCUT2D eigenvalue weighted by Crippen LogP contribution is 2.40. The molecule has 0 bridgehead atoms. The lowest BCUT2D eigenvalue weighted by molar-refractivity contribution is -0.259. The molecule has 5 fully saturated rings. The number of fused-ring (bicyclic) bond motifs is 2. The van der Waals surface area contributed by atoms with Gasteiger partial charge in [0.05, 0.1) is 37.1 Å². The number of hydrogen-bond acceptors (Lipinski definition) is 9. The third kappa shape index (κ3) is 5.77. The smallest absolute Gasteiger partial charge is 0.135 e. The Morgan fingerprint density at radius 3 is 2.42 bits per heavy atom. The first-order valence-electron chi connectivity index (χ1n) is 13.5. The molecule has 5 heterocycles. The van der Waals surface area contributed by atoms with Gasteiger partial charge in [-0.15, -0.1) is 0 Å². The maximum absolute atomic E-state index is 12.6. The van der Waals surface area contributed by atoms with Crippen molar-refractivity contribution in [3.8, 4) is 0 Å². The fourth-order valence-corrected chi connectivity index (χ4v) is 6.43. The molecule has 9 heteroatoms. The lowest BCUT2D eigenvalue weighted by Gasteiger charge is -2.46. The van der Waals surface area contributed by atoms with E-state index in [-0.39, 0.29) is 48.3 Å². The van der Waals surface area contributed by atoms with E-state index in [2.05, 4.69) is 6.58 Å². The van der Waals surface area contributed by atoms with Crippen molar-refractivity contribution in [3.63, 3.8) is 0 Å². The van der Waals surface area contributed by atoms with Gasteiger partial charge in [-0.3, -0.25) is 9.59 Å². The number of Topliss-reactive ketones (excluding diaryl/α,β-unsaturated/α-hetero) is 2. The number of hydrogen-bond donors (Lipinski definition) is 2. The summed E-state index contributed by atoms with van der Waals surface area (Å²) in [6, 6.07) is 0. The number of carbonyl (C=O) groups is 2.